The Morgan fingerprint density at radius 3 is 2.79 bits per heavy atom. The molecule has 0 radical (unpaired) electrons. The second kappa shape index (κ2) is 7.41. The van der Waals surface area contributed by atoms with Gasteiger partial charge in [-0.05, 0) is 30.7 Å². The summed E-state index contributed by atoms with van der Waals surface area (Å²) in [7, 11) is 0. The van der Waals surface area contributed by atoms with Gasteiger partial charge in [0.15, 0.2) is 6.10 Å². The van der Waals surface area contributed by atoms with Crippen molar-refractivity contribution >= 4 is 5.91 Å². The molecule has 122 valence electrons. The van der Waals surface area contributed by atoms with Crippen molar-refractivity contribution in [3.63, 3.8) is 0 Å². The Labute approximate surface area is 140 Å². The first-order chi connectivity index (χ1) is 11.7. The molecule has 2 aromatic heterocycles. The maximum atomic E-state index is 12.1. The molecule has 0 unspecified atom stereocenters. The highest BCUT2D eigenvalue weighted by Gasteiger charge is 2.15. The van der Waals surface area contributed by atoms with E-state index in [1.54, 1.807) is 36.3 Å². The van der Waals surface area contributed by atoms with Gasteiger partial charge in [0.2, 0.25) is 5.88 Å². The van der Waals surface area contributed by atoms with Gasteiger partial charge in [0.1, 0.15) is 0 Å². The zero-order chi connectivity index (χ0) is 16.8. The van der Waals surface area contributed by atoms with Gasteiger partial charge in [0.05, 0.1) is 5.69 Å². The molecule has 24 heavy (non-hydrogen) atoms. The number of aromatic nitrogens is 3. The number of hydrogen-bond donors (Lipinski definition) is 1. The first kappa shape index (κ1) is 15.7. The van der Waals surface area contributed by atoms with Gasteiger partial charge >= 0.3 is 0 Å². The molecule has 1 aromatic carbocycles. The number of amides is 1. The van der Waals surface area contributed by atoms with Gasteiger partial charge in [-0.2, -0.15) is 0 Å². The molecule has 6 nitrogen and oxygen atoms in total. The van der Waals surface area contributed by atoms with Crippen molar-refractivity contribution in [2.24, 2.45) is 0 Å². The van der Waals surface area contributed by atoms with Crippen LogP contribution in [0.4, 0.5) is 0 Å². The lowest BCUT2D eigenvalue weighted by Gasteiger charge is -2.12. The number of nitrogens with zero attached hydrogens (tertiary/aromatic N) is 3. The molecule has 1 N–H and O–H groups in total. The lowest BCUT2D eigenvalue weighted by molar-refractivity contribution is -0.127. The summed E-state index contributed by atoms with van der Waals surface area (Å²) in [6, 6.07) is 15.2. The lowest BCUT2D eigenvalue weighted by Crippen LogP contribution is -2.36. The maximum absolute atomic E-state index is 12.1. The fourth-order valence-corrected chi connectivity index (χ4v) is 2.16. The quantitative estimate of drug-likeness (QED) is 0.756. The largest absolute Gasteiger partial charge is 0.463 e. The van der Waals surface area contributed by atoms with Crippen LogP contribution in [0, 0.1) is 0 Å². The van der Waals surface area contributed by atoms with Gasteiger partial charge in [-0.1, -0.05) is 24.3 Å². The summed E-state index contributed by atoms with van der Waals surface area (Å²) in [5, 5.41) is 7.14. The zero-order valence-corrected chi connectivity index (χ0v) is 13.3. The molecule has 0 aliphatic carbocycles. The van der Waals surface area contributed by atoms with Gasteiger partial charge in [0, 0.05) is 31.2 Å². The van der Waals surface area contributed by atoms with Crippen molar-refractivity contribution in [1.82, 2.24) is 20.1 Å². The van der Waals surface area contributed by atoms with E-state index in [2.05, 4.69) is 15.4 Å². The summed E-state index contributed by atoms with van der Waals surface area (Å²) in [4.78, 5) is 16.1. The zero-order valence-electron chi connectivity index (χ0n) is 13.3. The molecular weight excluding hydrogens is 304 g/mol. The Morgan fingerprint density at radius 2 is 2.04 bits per heavy atom. The summed E-state index contributed by atoms with van der Waals surface area (Å²) in [5.74, 6) is 0.205. The summed E-state index contributed by atoms with van der Waals surface area (Å²) in [6.45, 7) is 2.11. The molecule has 0 aliphatic rings. The van der Waals surface area contributed by atoms with Gasteiger partial charge in [-0.15, -0.1) is 5.10 Å². The summed E-state index contributed by atoms with van der Waals surface area (Å²) < 4.78 is 7.31. The Hall–Kier alpha value is -3.15. The number of hydrogen-bond acceptors (Lipinski definition) is 4. The average Bonchev–Trinajstić information content (AvgIpc) is 3.10. The third kappa shape index (κ3) is 3.98. The van der Waals surface area contributed by atoms with E-state index in [4.69, 9.17) is 4.74 Å². The summed E-state index contributed by atoms with van der Waals surface area (Å²) in [5.41, 5.74) is 1.87. The normalized spacial score (nSPS) is 11.7. The van der Waals surface area contributed by atoms with E-state index in [1.807, 2.05) is 42.5 Å². The van der Waals surface area contributed by atoms with Crippen LogP contribution in [0.2, 0.25) is 0 Å². The first-order valence-corrected chi connectivity index (χ1v) is 7.67. The van der Waals surface area contributed by atoms with E-state index in [0.29, 0.717) is 12.4 Å². The minimum atomic E-state index is -0.638. The molecule has 0 saturated carbocycles. The fourth-order valence-electron chi connectivity index (χ4n) is 2.16. The van der Waals surface area contributed by atoms with Gasteiger partial charge < -0.3 is 10.1 Å². The molecule has 3 rings (SSSR count). The van der Waals surface area contributed by atoms with Crippen molar-refractivity contribution < 1.29 is 9.53 Å². The molecule has 1 atom stereocenters. The number of carbonyl (C=O) groups is 1. The van der Waals surface area contributed by atoms with E-state index in [1.165, 1.54) is 0 Å². The molecule has 2 heterocycles. The number of benzene rings is 1. The van der Waals surface area contributed by atoms with Crippen LogP contribution in [0.3, 0.4) is 0 Å². The number of rotatable bonds is 6. The number of carbonyl (C=O) groups excluding carboxylic acids is 1. The number of nitrogens with one attached hydrogen (secondary N) is 1. The third-order valence-electron chi connectivity index (χ3n) is 3.44. The van der Waals surface area contributed by atoms with E-state index >= 15 is 0 Å². The summed E-state index contributed by atoms with van der Waals surface area (Å²) in [6.07, 6.45) is 4.57. The average molecular weight is 322 g/mol. The predicted molar refractivity (Wildman–Crippen MR) is 89.7 cm³/mol. The number of ether oxygens (including phenoxy) is 1. The van der Waals surface area contributed by atoms with Crippen LogP contribution in [0.25, 0.3) is 5.69 Å². The van der Waals surface area contributed by atoms with Crippen LogP contribution >= 0.6 is 0 Å². The van der Waals surface area contributed by atoms with E-state index in [-0.39, 0.29) is 5.91 Å². The Morgan fingerprint density at radius 1 is 1.21 bits per heavy atom. The predicted octanol–water partition coefficient (Wildman–Crippen LogP) is 2.35. The van der Waals surface area contributed by atoms with Crippen molar-refractivity contribution in [2.75, 3.05) is 0 Å². The van der Waals surface area contributed by atoms with Gasteiger partial charge in [-0.25, -0.2) is 4.68 Å². The van der Waals surface area contributed by atoms with Crippen LogP contribution in [0.1, 0.15) is 12.5 Å². The molecule has 1 amide bonds. The Bertz CT molecular complexity index is 787. The molecule has 0 saturated heterocycles. The fraction of sp³-hybridized carbons (Fsp3) is 0.167. The highest BCUT2D eigenvalue weighted by molar-refractivity contribution is 5.80. The van der Waals surface area contributed by atoms with E-state index < -0.39 is 6.10 Å². The summed E-state index contributed by atoms with van der Waals surface area (Å²) >= 11 is 0. The van der Waals surface area contributed by atoms with Crippen LogP contribution in [0.15, 0.2) is 67.1 Å². The maximum Gasteiger partial charge on any atom is 0.261 e. The van der Waals surface area contributed by atoms with Crippen molar-refractivity contribution in [3.8, 4) is 11.6 Å². The highest BCUT2D eigenvalue weighted by Crippen LogP contribution is 2.13. The van der Waals surface area contributed by atoms with Crippen LogP contribution in [-0.2, 0) is 11.3 Å². The molecule has 6 heteroatoms. The van der Waals surface area contributed by atoms with Crippen molar-refractivity contribution in [2.45, 2.75) is 19.6 Å². The molecule has 0 bridgehead atoms. The lowest BCUT2D eigenvalue weighted by atomic mass is 10.3. The Balaban J connectivity index is 1.55. The SMILES string of the molecule is C[C@@H](Oc1ccn(-c2ccccc2)n1)C(=O)NCc1cccnc1. The van der Waals surface area contributed by atoms with E-state index in [9.17, 15) is 4.79 Å². The number of para-hydroxylation sites is 1. The van der Waals surface area contributed by atoms with Crippen molar-refractivity contribution in [3.05, 3.63) is 72.7 Å². The van der Waals surface area contributed by atoms with Crippen LogP contribution in [0.5, 0.6) is 5.88 Å². The standard InChI is InChI=1S/C18H18N4O2/c1-14(18(23)20-13-15-6-5-10-19-12-15)24-17-9-11-22(21-17)16-7-3-2-4-8-16/h2-12,14H,13H2,1H3,(H,20,23)/t14-/m1/s1. The minimum Gasteiger partial charge on any atom is -0.463 e. The smallest absolute Gasteiger partial charge is 0.261 e. The van der Waals surface area contributed by atoms with Crippen LogP contribution < -0.4 is 10.1 Å². The monoisotopic (exact) mass is 322 g/mol. The van der Waals surface area contributed by atoms with Gasteiger partial charge in [0.25, 0.3) is 5.91 Å². The van der Waals surface area contributed by atoms with Gasteiger partial charge in [-0.3, -0.25) is 9.78 Å². The first-order valence-electron chi connectivity index (χ1n) is 7.67. The minimum absolute atomic E-state index is 0.201. The second-order valence-electron chi connectivity index (χ2n) is 5.27. The molecule has 0 aliphatic heterocycles. The molecule has 3 aromatic rings. The number of pyridine rings is 1. The van der Waals surface area contributed by atoms with E-state index in [0.717, 1.165) is 11.3 Å². The molecule has 0 spiro atoms. The van der Waals surface area contributed by atoms with Crippen molar-refractivity contribution in [1.29, 1.82) is 0 Å². The second-order valence-corrected chi connectivity index (χ2v) is 5.27. The molecular formula is C18H18N4O2. The highest BCUT2D eigenvalue weighted by atomic mass is 16.5. The third-order valence-corrected chi connectivity index (χ3v) is 3.44. The Kier molecular flexibility index (Phi) is 4.86. The topological polar surface area (TPSA) is 69.0 Å². The molecule has 0 fully saturated rings. The van der Waals surface area contributed by atoms with Crippen LogP contribution in [-0.4, -0.2) is 26.8 Å².